The molecule has 1 heterocycles. The summed E-state index contributed by atoms with van der Waals surface area (Å²) in [5, 5.41) is 0. The minimum absolute atomic E-state index is 0.0325. The summed E-state index contributed by atoms with van der Waals surface area (Å²) in [6.07, 6.45) is 5.84. The molecule has 0 bridgehead atoms. The summed E-state index contributed by atoms with van der Waals surface area (Å²) >= 11 is 0. The molecule has 3 heteroatoms. The van der Waals surface area contributed by atoms with Crippen LogP contribution < -0.4 is 0 Å². The fourth-order valence-electron chi connectivity index (χ4n) is 2.69. The normalized spacial score (nSPS) is 31.5. The summed E-state index contributed by atoms with van der Waals surface area (Å²) < 4.78 is 10.9. The van der Waals surface area contributed by atoms with Crippen molar-refractivity contribution in [3.05, 3.63) is 0 Å². The number of fused-ring (bicyclic) bond motifs is 1. The van der Waals surface area contributed by atoms with Crippen LogP contribution in [-0.2, 0) is 14.3 Å². The van der Waals surface area contributed by atoms with Gasteiger partial charge in [-0.25, -0.2) is 0 Å². The molecule has 4 atom stereocenters. The average Bonchev–Trinajstić information content (AvgIpc) is 3.10. The molecule has 0 spiro atoms. The van der Waals surface area contributed by atoms with Crippen LogP contribution in [0.4, 0.5) is 0 Å². The number of ether oxygens (including phenoxy) is 2. The van der Waals surface area contributed by atoms with Crippen molar-refractivity contribution < 1.29 is 14.3 Å². The van der Waals surface area contributed by atoms with Gasteiger partial charge in [-0.05, 0) is 42.9 Å². The van der Waals surface area contributed by atoms with E-state index in [1.54, 1.807) is 0 Å². The first-order valence-corrected chi connectivity index (χ1v) is 7.67. The second kappa shape index (κ2) is 5.82. The van der Waals surface area contributed by atoms with Gasteiger partial charge >= 0.3 is 5.97 Å². The molecule has 1 saturated carbocycles. The summed E-state index contributed by atoms with van der Waals surface area (Å²) in [5.41, 5.74) is 0.266. The van der Waals surface area contributed by atoms with Crippen molar-refractivity contribution >= 4 is 5.97 Å². The molecule has 3 nitrogen and oxygen atoms in total. The second-order valence-electron chi connectivity index (χ2n) is 7.38. The molecular weight excluding hydrogens is 240 g/mol. The molecule has 19 heavy (non-hydrogen) atoms. The number of carbonyl (C=O) groups excluding carboxylic acids is 1. The van der Waals surface area contributed by atoms with Crippen LogP contribution in [-0.4, -0.2) is 24.8 Å². The summed E-state index contributed by atoms with van der Waals surface area (Å²) in [7, 11) is 0. The van der Waals surface area contributed by atoms with Crippen molar-refractivity contribution in [2.45, 2.75) is 72.0 Å². The maximum atomic E-state index is 11.8. The van der Waals surface area contributed by atoms with Gasteiger partial charge < -0.3 is 9.47 Å². The van der Waals surface area contributed by atoms with Crippen LogP contribution in [0, 0.1) is 17.3 Å². The van der Waals surface area contributed by atoms with Crippen molar-refractivity contribution in [3.63, 3.8) is 0 Å². The molecule has 0 aromatic carbocycles. The van der Waals surface area contributed by atoms with Crippen LogP contribution in [0.3, 0.4) is 0 Å². The van der Waals surface area contributed by atoms with E-state index in [0.29, 0.717) is 37.1 Å². The van der Waals surface area contributed by atoms with Gasteiger partial charge in [0.15, 0.2) is 0 Å². The molecule has 1 aliphatic heterocycles. The first-order chi connectivity index (χ1) is 8.86. The third-order valence-corrected chi connectivity index (χ3v) is 4.85. The number of rotatable bonds is 5. The van der Waals surface area contributed by atoms with Gasteiger partial charge in [0, 0.05) is 6.42 Å². The topological polar surface area (TPSA) is 38.8 Å². The first-order valence-electron chi connectivity index (χ1n) is 7.67. The molecule has 0 N–H and O–H groups in total. The predicted octanol–water partition coefficient (Wildman–Crippen LogP) is 3.56. The predicted molar refractivity (Wildman–Crippen MR) is 74.8 cm³/mol. The van der Waals surface area contributed by atoms with E-state index in [0.717, 1.165) is 25.7 Å². The average molecular weight is 268 g/mol. The maximum absolute atomic E-state index is 11.8. The van der Waals surface area contributed by atoms with Crippen molar-refractivity contribution in [1.29, 1.82) is 0 Å². The van der Waals surface area contributed by atoms with Crippen LogP contribution in [0.15, 0.2) is 0 Å². The minimum atomic E-state index is -0.0325. The van der Waals surface area contributed by atoms with Crippen LogP contribution in [0.5, 0.6) is 0 Å². The molecule has 2 fully saturated rings. The Hall–Kier alpha value is -0.570. The molecular formula is C16H28O3. The molecule has 0 radical (unpaired) electrons. The lowest BCUT2D eigenvalue weighted by Gasteiger charge is -2.27. The molecule has 0 aromatic heterocycles. The highest BCUT2D eigenvalue weighted by molar-refractivity contribution is 5.69. The Balaban J connectivity index is 1.59. The van der Waals surface area contributed by atoms with Crippen LogP contribution in [0.2, 0.25) is 0 Å². The standard InChI is InChI=1S/C16H28O3/c1-11(16(2,3)4)5-8-15(17)18-10-12-6-7-13-14(9-12)19-13/h11-14H,5-10H2,1-4H3. The van der Waals surface area contributed by atoms with Gasteiger partial charge in [0.05, 0.1) is 18.8 Å². The van der Waals surface area contributed by atoms with Crippen LogP contribution in [0.1, 0.15) is 59.8 Å². The Morgan fingerprint density at radius 2 is 2.05 bits per heavy atom. The van der Waals surface area contributed by atoms with Crippen molar-refractivity contribution in [2.24, 2.45) is 17.3 Å². The molecule has 0 amide bonds. The number of carbonyl (C=O) groups is 1. The molecule has 1 saturated heterocycles. The SMILES string of the molecule is CC(CCC(=O)OCC1CCC2OC2C1)C(C)(C)C. The maximum Gasteiger partial charge on any atom is 0.305 e. The van der Waals surface area contributed by atoms with E-state index >= 15 is 0 Å². The first kappa shape index (κ1) is 14.8. The van der Waals surface area contributed by atoms with Crippen LogP contribution >= 0.6 is 0 Å². The Bertz CT molecular complexity index is 318. The number of hydrogen-bond acceptors (Lipinski definition) is 3. The zero-order valence-corrected chi connectivity index (χ0v) is 12.8. The number of esters is 1. The molecule has 4 unspecified atom stereocenters. The molecule has 110 valence electrons. The fraction of sp³-hybridized carbons (Fsp3) is 0.938. The summed E-state index contributed by atoms with van der Waals surface area (Å²) in [6, 6.07) is 0. The van der Waals surface area contributed by atoms with E-state index in [4.69, 9.17) is 9.47 Å². The van der Waals surface area contributed by atoms with Crippen molar-refractivity contribution in [2.75, 3.05) is 6.61 Å². The highest BCUT2D eigenvalue weighted by Crippen LogP contribution is 2.39. The lowest BCUT2D eigenvalue weighted by atomic mass is 9.79. The summed E-state index contributed by atoms with van der Waals surface area (Å²) in [5.74, 6) is 1.03. The third-order valence-electron chi connectivity index (χ3n) is 4.85. The zero-order chi connectivity index (χ0) is 14.0. The smallest absolute Gasteiger partial charge is 0.305 e. The van der Waals surface area contributed by atoms with E-state index in [1.165, 1.54) is 0 Å². The fourth-order valence-corrected chi connectivity index (χ4v) is 2.69. The van der Waals surface area contributed by atoms with Gasteiger partial charge in [0.1, 0.15) is 0 Å². The van der Waals surface area contributed by atoms with Gasteiger partial charge in [-0.2, -0.15) is 0 Å². The Labute approximate surface area is 117 Å². The van der Waals surface area contributed by atoms with E-state index in [9.17, 15) is 4.79 Å². The van der Waals surface area contributed by atoms with Gasteiger partial charge in [-0.3, -0.25) is 4.79 Å². The Morgan fingerprint density at radius 1 is 1.32 bits per heavy atom. The number of epoxide rings is 1. The zero-order valence-electron chi connectivity index (χ0n) is 12.8. The lowest BCUT2D eigenvalue weighted by molar-refractivity contribution is -0.145. The number of hydrogen-bond donors (Lipinski definition) is 0. The molecule has 0 aromatic rings. The Kier molecular flexibility index (Phi) is 4.54. The quantitative estimate of drug-likeness (QED) is 0.565. The third kappa shape index (κ3) is 4.48. The van der Waals surface area contributed by atoms with Gasteiger partial charge in [-0.1, -0.05) is 27.7 Å². The largest absolute Gasteiger partial charge is 0.465 e. The highest BCUT2D eigenvalue weighted by atomic mass is 16.6. The van der Waals surface area contributed by atoms with E-state index < -0.39 is 0 Å². The van der Waals surface area contributed by atoms with E-state index in [2.05, 4.69) is 27.7 Å². The van der Waals surface area contributed by atoms with Gasteiger partial charge in [0.25, 0.3) is 0 Å². The van der Waals surface area contributed by atoms with Crippen molar-refractivity contribution in [3.8, 4) is 0 Å². The molecule has 1 aliphatic carbocycles. The Morgan fingerprint density at radius 3 is 2.68 bits per heavy atom. The monoisotopic (exact) mass is 268 g/mol. The molecule has 2 aliphatic rings. The molecule has 2 rings (SSSR count). The van der Waals surface area contributed by atoms with Crippen LogP contribution in [0.25, 0.3) is 0 Å². The van der Waals surface area contributed by atoms with E-state index in [1.807, 2.05) is 0 Å². The minimum Gasteiger partial charge on any atom is -0.465 e. The summed E-state index contributed by atoms with van der Waals surface area (Å²) in [4.78, 5) is 11.8. The summed E-state index contributed by atoms with van der Waals surface area (Å²) in [6.45, 7) is 9.46. The van der Waals surface area contributed by atoms with Crippen molar-refractivity contribution in [1.82, 2.24) is 0 Å². The van der Waals surface area contributed by atoms with Gasteiger partial charge in [0.2, 0.25) is 0 Å². The van der Waals surface area contributed by atoms with Gasteiger partial charge in [-0.15, -0.1) is 0 Å². The highest BCUT2D eigenvalue weighted by Gasteiger charge is 2.43. The van der Waals surface area contributed by atoms with E-state index in [-0.39, 0.29) is 11.4 Å². The second-order valence-corrected chi connectivity index (χ2v) is 7.38. The lowest BCUT2D eigenvalue weighted by Crippen LogP contribution is -2.22.